The van der Waals surface area contributed by atoms with Gasteiger partial charge in [-0.25, -0.2) is 9.97 Å². The summed E-state index contributed by atoms with van der Waals surface area (Å²) in [5.41, 5.74) is 0. The zero-order chi connectivity index (χ0) is 16.2. The molecule has 3 rings (SSSR count). The lowest BCUT2D eigenvalue weighted by atomic mass is 9.97. The molecule has 0 radical (unpaired) electrons. The van der Waals surface area contributed by atoms with Crippen molar-refractivity contribution in [3.05, 3.63) is 39.3 Å². The molecule has 2 aromatic rings. The number of hydrogen-bond acceptors (Lipinski definition) is 5. The summed E-state index contributed by atoms with van der Waals surface area (Å²) in [5.74, 6) is 0.936. The van der Waals surface area contributed by atoms with Crippen molar-refractivity contribution in [1.29, 1.82) is 0 Å². The van der Waals surface area contributed by atoms with Gasteiger partial charge < -0.3 is 9.80 Å². The van der Waals surface area contributed by atoms with Crippen molar-refractivity contribution in [3.63, 3.8) is 0 Å². The van der Waals surface area contributed by atoms with Gasteiger partial charge in [-0.15, -0.1) is 11.3 Å². The molecule has 0 spiro atoms. The first-order valence-electron chi connectivity index (χ1n) is 7.64. The van der Waals surface area contributed by atoms with E-state index >= 15 is 0 Å². The molecule has 1 aliphatic heterocycles. The summed E-state index contributed by atoms with van der Waals surface area (Å²) in [5, 5.41) is 0. The molecule has 122 valence electrons. The second kappa shape index (κ2) is 7.40. The van der Waals surface area contributed by atoms with Crippen molar-refractivity contribution in [2.75, 3.05) is 25.0 Å². The van der Waals surface area contributed by atoms with E-state index in [9.17, 15) is 4.79 Å². The Labute approximate surface area is 148 Å². The van der Waals surface area contributed by atoms with E-state index in [4.69, 9.17) is 0 Å². The SMILES string of the molecule is CN(Cc1ccc(Br)s1)C(=O)C1CCCN(c2ncccn2)C1. The summed E-state index contributed by atoms with van der Waals surface area (Å²) in [4.78, 5) is 26.5. The van der Waals surface area contributed by atoms with Crippen molar-refractivity contribution in [2.45, 2.75) is 19.4 Å². The zero-order valence-electron chi connectivity index (χ0n) is 13.0. The van der Waals surface area contributed by atoms with Gasteiger partial charge in [0.25, 0.3) is 0 Å². The number of carbonyl (C=O) groups is 1. The third-order valence-corrected chi connectivity index (χ3v) is 5.61. The van der Waals surface area contributed by atoms with Crippen LogP contribution in [0.25, 0.3) is 0 Å². The van der Waals surface area contributed by atoms with E-state index in [0.717, 1.165) is 29.1 Å². The molecule has 1 unspecified atom stereocenters. The molecule has 2 aromatic heterocycles. The Morgan fingerprint density at radius 2 is 2.22 bits per heavy atom. The minimum absolute atomic E-state index is 0.0148. The molecule has 0 aromatic carbocycles. The number of aromatic nitrogens is 2. The van der Waals surface area contributed by atoms with Gasteiger partial charge in [0.15, 0.2) is 0 Å². The molecule has 0 N–H and O–H groups in total. The van der Waals surface area contributed by atoms with Crippen LogP contribution in [0.1, 0.15) is 17.7 Å². The normalized spacial score (nSPS) is 18.0. The zero-order valence-corrected chi connectivity index (χ0v) is 15.4. The fourth-order valence-corrected chi connectivity index (χ4v) is 4.41. The Bertz CT molecular complexity index is 663. The lowest BCUT2D eigenvalue weighted by Gasteiger charge is -2.33. The first-order valence-corrected chi connectivity index (χ1v) is 9.25. The summed E-state index contributed by atoms with van der Waals surface area (Å²) in [6.07, 6.45) is 5.41. The number of carbonyl (C=O) groups excluding carboxylic acids is 1. The van der Waals surface area contributed by atoms with E-state index in [1.807, 2.05) is 24.1 Å². The Balaban J connectivity index is 1.62. The van der Waals surface area contributed by atoms with Gasteiger partial charge in [0.1, 0.15) is 0 Å². The van der Waals surface area contributed by atoms with E-state index in [2.05, 4.69) is 36.9 Å². The van der Waals surface area contributed by atoms with Crippen LogP contribution >= 0.6 is 27.3 Å². The maximum Gasteiger partial charge on any atom is 0.227 e. The van der Waals surface area contributed by atoms with Crippen molar-refractivity contribution in [2.24, 2.45) is 5.92 Å². The molecular formula is C16H19BrN4OS. The number of halogens is 1. The molecular weight excluding hydrogens is 376 g/mol. The van der Waals surface area contributed by atoms with E-state index in [-0.39, 0.29) is 11.8 Å². The van der Waals surface area contributed by atoms with Crippen molar-refractivity contribution < 1.29 is 4.79 Å². The Morgan fingerprint density at radius 1 is 1.43 bits per heavy atom. The van der Waals surface area contributed by atoms with E-state index in [1.165, 1.54) is 4.88 Å². The van der Waals surface area contributed by atoms with Gasteiger partial charge in [-0.2, -0.15) is 0 Å². The predicted molar refractivity (Wildman–Crippen MR) is 95.5 cm³/mol. The second-order valence-corrected chi connectivity index (χ2v) is 8.28. The number of hydrogen-bond donors (Lipinski definition) is 0. The first kappa shape index (κ1) is 16.4. The largest absolute Gasteiger partial charge is 0.340 e. The molecule has 5 nitrogen and oxygen atoms in total. The number of thiophene rings is 1. The number of nitrogens with zero attached hydrogens (tertiary/aromatic N) is 4. The topological polar surface area (TPSA) is 49.3 Å². The third-order valence-electron chi connectivity index (χ3n) is 4.00. The van der Waals surface area contributed by atoms with Crippen molar-refractivity contribution in [1.82, 2.24) is 14.9 Å². The highest BCUT2D eigenvalue weighted by molar-refractivity contribution is 9.11. The smallest absolute Gasteiger partial charge is 0.227 e. The molecule has 0 aliphatic carbocycles. The van der Waals surface area contributed by atoms with Gasteiger partial charge >= 0.3 is 0 Å². The third kappa shape index (κ3) is 4.09. The van der Waals surface area contributed by atoms with Crippen LogP contribution < -0.4 is 4.90 Å². The number of rotatable bonds is 4. The lowest BCUT2D eigenvalue weighted by Crippen LogP contribution is -2.44. The van der Waals surface area contributed by atoms with E-state index < -0.39 is 0 Å². The Kier molecular flexibility index (Phi) is 5.27. The summed E-state index contributed by atoms with van der Waals surface area (Å²) in [6.45, 7) is 2.27. The minimum atomic E-state index is 0.0148. The molecule has 1 fully saturated rings. The molecule has 1 aliphatic rings. The predicted octanol–water partition coefficient (Wildman–Crippen LogP) is 3.18. The Hall–Kier alpha value is -1.47. The van der Waals surface area contributed by atoms with Crippen LogP contribution in [0, 0.1) is 5.92 Å². The quantitative estimate of drug-likeness (QED) is 0.798. The fraction of sp³-hybridized carbons (Fsp3) is 0.438. The monoisotopic (exact) mass is 394 g/mol. The van der Waals surface area contributed by atoms with Gasteiger partial charge in [-0.3, -0.25) is 4.79 Å². The number of anilines is 1. The van der Waals surface area contributed by atoms with E-state index in [1.54, 1.807) is 23.7 Å². The first-order chi connectivity index (χ1) is 11.1. The molecule has 23 heavy (non-hydrogen) atoms. The van der Waals surface area contributed by atoms with Gasteiger partial charge in [-0.1, -0.05) is 0 Å². The molecule has 0 bridgehead atoms. The molecule has 1 saturated heterocycles. The fourth-order valence-electron chi connectivity index (χ4n) is 2.87. The van der Waals surface area contributed by atoms with Crippen molar-refractivity contribution in [3.8, 4) is 0 Å². The number of piperidine rings is 1. The maximum atomic E-state index is 12.7. The van der Waals surface area contributed by atoms with Crippen molar-refractivity contribution >= 4 is 39.1 Å². The van der Waals surface area contributed by atoms with Crippen LogP contribution in [0.15, 0.2) is 34.4 Å². The van der Waals surface area contributed by atoms with Crippen LogP contribution in [-0.4, -0.2) is 40.9 Å². The van der Waals surface area contributed by atoms with E-state index in [0.29, 0.717) is 13.1 Å². The average molecular weight is 395 g/mol. The highest BCUT2D eigenvalue weighted by Crippen LogP contribution is 2.25. The highest BCUT2D eigenvalue weighted by atomic mass is 79.9. The number of amides is 1. The molecule has 1 amide bonds. The summed E-state index contributed by atoms with van der Waals surface area (Å²) < 4.78 is 1.10. The summed E-state index contributed by atoms with van der Waals surface area (Å²) >= 11 is 5.13. The Morgan fingerprint density at radius 3 is 2.91 bits per heavy atom. The van der Waals surface area contributed by atoms with Crippen LogP contribution in [0.3, 0.4) is 0 Å². The second-order valence-electron chi connectivity index (χ2n) is 5.73. The average Bonchev–Trinajstić information content (AvgIpc) is 3.00. The van der Waals surface area contributed by atoms with Gasteiger partial charge in [0, 0.05) is 37.4 Å². The van der Waals surface area contributed by atoms with Crippen LogP contribution in [-0.2, 0) is 11.3 Å². The molecule has 1 atom stereocenters. The summed E-state index contributed by atoms with van der Waals surface area (Å²) in [7, 11) is 1.88. The van der Waals surface area contributed by atoms with Crippen LogP contribution in [0.2, 0.25) is 0 Å². The maximum absolute atomic E-state index is 12.7. The highest BCUT2D eigenvalue weighted by Gasteiger charge is 2.29. The van der Waals surface area contributed by atoms with Crippen LogP contribution in [0.5, 0.6) is 0 Å². The van der Waals surface area contributed by atoms with Crippen LogP contribution in [0.4, 0.5) is 5.95 Å². The van der Waals surface area contributed by atoms with Gasteiger partial charge in [0.05, 0.1) is 16.2 Å². The lowest BCUT2D eigenvalue weighted by molar-refractivity contribution is -0.135. The molecule has 3 heterocycles. The molecule has 7 heteroatoms. The molecule has 0 saturated carbocycles. The summed E-state index contributed by atoms with van der Waals surface area (Å²) in [6, 6.07) is 5.89. The van der Waals surface area contributed by atoms with Gasteiger partial charge in [0.2, 0.25) is 11.9 Å². The minimum Gasteiger partial charge on any atom is -0.340 e. The van der Waals surface area contributed by atoms with Gasteiger partial charge in [-0.05, 0) is 47.0 Å². The standard InChI is InChI=1S/C16H19BrN4OS/c1-20(11-13-5-6-14(17)23-13)15(22)12-4-2-9-21(10-12)16-18-7-3-8-19-16/h3,5-8,12H,2,4,9-11H2,1H3.